The largest absolute Gasteiger partial charge is 0.472 e. The molecule has 0 saturated carbocycles. The fourth-order valence-electron chi connectivity index (χ4n) is 5.86. The van der Waals surface area contributed by atoms with Crippen LogP contribution in [0.2, 0.25) is 0 Å². The van der Waals surface area contributed by atoms with Gasteiger partial charge in [-0.3, -0.25) is 9.69 Å². The monoisotopic (exact) mass is 381 g/mol. The highest BCUT2D eigenvalue weighted by Crippen LogP contribution is 2.51. The van der Waals surface area contributed by atoms with Crippen molar-refractivity contribution >= 4 is 17.2 Å². The normalized spacial score (nSPS) is 31.1. The molecule has 5 rings (SSSR count). The number of piperidine rings is 2. The van der Waals surface area contributed by atoms with Gasteiger partial charge in [0.2, 0.25) is 0 Å². The molecule has 2 N–H and O–H groups in total. The van der Waals surface area contributed by atoms with E-state index >= 15 is 0 Å². The maximum atomic E-state index is 12.8. The Labute approximate surface area is 167 Å². The number of nitrogens with one attached hydrogen (secondary N) is 2. The van der Waals surface area contributed by atoms with Gasteiger partial charge < -0.3 is 15.4 Å². The van der Waals surface area contributed by atoms with E-state index < -0.39 is 0 Å². The van der Waals surface area contributed by atoms with E-state index in [1.165, 1.54) is 31.2 Å². The minimum absolute atomic E-state index is 0.0220. The summed E-state index contributed by atoms with van der Waals surface area (Å²) >= 11 is 0. The topological polar surface area (TPSA) is 53.6 Å². The number of hydrogen-bond donors (Lipinski definition) is 2. The van der Waals surface area contributed by atoms with E-state index in [4.69, 9.17) is 4.74 Å². The first kappa shape index (κ1) is 18.0. The summed E-state index contributed by atoms with van der Waals surface area (Å²) in [6.07, 6.45) is 9.17. The Kier molecular flexibility index (Phi) is 4.38. The van der Waals surface area contributed by atoms with Crippen molar-refractivity contribution in [3.05, 3.63) is 29.3 Å². The summed E-state index contributed by atoms with van der Waals surface area (Å²) in [6, 6.07) is 4.37. The number of anilines is 1. The lowest BCUT2D eigenvalue weighted by Gasteiger charge is -2.56. The third-order valence-corrected chi connectivity index (χ3v) is 7.03. The van der Waals surface area contributed by atoms with Crippen LogP contribution in [0.4, 0.5) is 5.69 Å². The molecule has 2 fully saturated rings. The summed E-state index contributed by atoms with van der Waals surface area (Å²) < 4.78 is 6.85. The Morgan fingerprint density at radius 2 is 2.18 bits per heavy atom. The third kappa shape index (κ3) is 2.66. The molecular formula is C23H31N3O2. The van der Waals surface area contributed by atoms with Crippen molar-refractivity contribution in [2.45, 2.75) is 64.1 Å². The van der Waals surface area contributed by atoms with Gasteiger partial charge in [-0.15, -0.1) is 0 Å². The fourth-order valence-corrected chi connectivity index (χ4v) is 5.86. The number of carbonyl (C=O) groups is 1. The molecule has 5 heteroatoms. The Morgan fingerprint density at radius 3 is 3.04 bits per heavy atom. The van der Waals surface area contributed by atoms with Crippen molar-refractivity contribution in [1.29, 1.82) is 0 Å². The van der Waals surface area contributed by atoms with Crippen LogP contribution in [0.3, 0.4) is 0 Å². The van der Waals surface area contributed by atoms with Gasteiger partial charge in [0.15, 0.2) is 5.72 Å². The van der Waals surface area contributed by atoms with Crippen molar-refractivity contribution in [1.82, 2.24) is 10.2 Å². The minimum atomic E-state index is -0.122. The van der Waals surface area contributed by atoms with Crippen LogP contribution in [0.1, 0.15) is 57.1 Å². The summed E-state index contributed by atoms with van der Waals surface area (Å²) in [4.78, 5) is 15.5. The summed E-state index contributed by atoms with van der Waals surface area (Å²) in [6.45, 7) is 7.00. The summed E-state index contributed by atoms with van der Waals surface area (Å²) in [5.74, 6) is 1.51. The highest BCUT2D eigenvalue weighted by Gasteiger charge is 2.52. The first-order valence-corrected chi connectivity index (χ1v) is 11.0. The standard InChI is InChI=1S/C23H31N3O2/c1-3-24-22(27)18-13-15(2)25-19-8-9-20-17(21(18)19)14-16-7-6-12-26-11-5-4-10-23(16,26)28-20/h8-9,13,15-16,25H,3-7,10-12,14H2,1-2H3,(H,24,27). The molecule has 3 unspecified atom stereocenters. The van der Waals surface area contributed by atoms with E-state index in [1.807, 2.05) is 6.92 Å². The zero-order valence-corrected chi connectivity index (χ0v) is 17.0. The van der Waals surface area contributed by atoms with Gasteiger partial charge in [0.1, 0.15) is 5.75 Å². The molecule has 1 aromatic rings. The SMILES string of the molecule is CCNC(=O)C1=CC(C)Nc2ccc3c(c21)CC1CCCN2CCCCC12O3. The lowest BCUT2D eigenvalue weighted by Crippen LogP contribution is -2.64. The molecule has 1 amide bonds. The summed E-state index contributed by atoms with van der Waals surface area (Å²) in [5, 5.41) is 6.54. The second-order valence-corrected chi connectivity index (χ2v) is 8.77. The number of carbonyl (C=O) groups excluding carboxylic acids is 1. The van der Waals surface area contributed by atoms with Crippen molar-refractivity contribution in [3.8, 4) is 5.75 Å². The van der Waals surface area contributed by atoms with Crippen LogP contribution in [0.25, 0.3) is 5.57 Å². The van der Waals surface area contributed by atoms with Gasteiger partial charge >= 0.3 is 0 Å². The molecule has 1 spiro atoms. The second-order valence-electron chi connectivity index (χ2n) is 8.77. The van der Waals surface area contributed by atoms with E-state index in [1.54, 1.807) is 0 Å². The molecule has 0 aromatic heterocycles. The average molecular weight is 382 g/mol. The Morgan fingerprint density at radius 1 is 1.32 bits per heavy atom. The molecule has 150 valence electrons. The predicted molar refractivity (Wildman–Crippen MR) is 111 cm³/mol. The number of ether oxygens (including phenoxy) is 1. The molecule has 0 bridgehead atoms. The number of hydrogen-bond acceptors (Lipinski definition) is 4. The van der Waals surface area contributed by atoms with Gasteiger partial charge in [0, 0.05) is 60.4 Å². The molecule has 1 aromatic carbocycles. The number of rotatable bonds is 2. The first-order valence-electron chi connectivity index (χ1n) is 11.0. The zero-order chi connectivity index (χ0) is 19.3. The maximum Gasteiger partial charge on any atom is 0.251 e. The second kappa shape index (κ2) is 6.80. The molecule has 28 heavy (non-hydrogen) atoms. The quantitative estimate of drug-likeness (QED) is 0.823. The van der Waals surface area contributed by atoms with Gasteiger partial charge in [-0.1, -0.05) is 0 Å². The smallest absolute Gasteiger partial charge is 0.251 e. The summed E-state index contributed by atoms with van der Waals surface area (Å²) in [7, 11) is 0. The number of nitrogens with zero attached hydrogens (tertiary/aromatic N) is 1. The van der Waals surface area contributed by atoms with E-state index in [0.717, 1.165) is 48.5 Å². The number of benzene rings is 1. The van der Waals surface area contributed by atoms with Crippen LogP contribution >= 0.6 is 0 Å². The van der Waals surface area contributed by atoms with Crippen LogP contribution in [-0.4, -0.2) is 42.2 Å². The number of amides is 1. The minimum Gasteiger partial charge on any atom is -0.472 e. The van der Waals surface area contributed by atoms with Gasteiger partial charge in [-0.2, -0.15) is 0 Å². The Bertz CT molecular complexity index is 831. The van der Waals surface area contributed by atoms with Crippen LogP contribution in [0.5, 0.6) is 5.75 Å². The summed E-state index contributed by atoms with van der Waals surface area (Å²) in [5.41, 5.74) is 4.02. The van der Waals surface area contributed by atoms with Crippen molar-refractivity contribution in [3.63, 3.8) is 0 Å². The van der Waals surface area contributed by atoms with E-state index in [9.17, 15) is 4.79 Å². The lowest BCUT2D eigenvalue weighted by atomic mass is 9.73. The van der Waals surface area contributed by atoms with E-state index in [-0.39, 0.29) is 17.7 Å². The molecule has 4 aliphatic rings. The van der Waals surface area contributed by atoms with Gasteiger partial charge in [0.05, 0.1) is 0 Å². The van der Waals surface area contributed by atoms with E-state index in [2.05, 4.69) is 40.7 Å². The number of likely N-dealkylation sites (N-methyl/N-ethyl adjacent to an activating group) is 1. The molecular weight excluding hydrogens is 350 g/mol. The maximum absolute atomic E-state index is 12.8. The zero-order valence-electron chi connectivity index (χ0n) is 17.0. The third-order valence-electron chi connectivity index (χ3n) is 7.03. The highest BCUT2D eigenvalue weighted by molar-refractivity contribution is 6.22. The molecule has 4 heterocycles. The van der Waals surface area contributed by atoms with Crippen LogP contribution in [0, 0.1) is 5.92 Å². The molecule has 3 atom stereocenters. The molecule has 0 radical (unpaired) electrons. The first-order chi connectivity index (χ1) is 13.6. The van der Waals surface area contributed by atoms with Gasteiger partial charge in [-0.05, 0) is 64.2 Å². The molecule has 0 aliphatic carbocycles. The van der Waals surface area contributed by atoms with Crippen LogP contribution < -0.4 is 15.4 Å². The number of fused-ring (bicyclic) bond motifs is 3. The fraction of sp³-hybridized carbons (Fsp3) is 0.609. The van der Waals surface area contributed by atoms with Gasteiger partial charge in [0.25, 0.3) is 5.91 Å². The van der Waals surface area contributed by atoms with Crippen molar-refractivity contribution in [2.75, 3.05) is 25.0 Å². The van der Waals surface area contributed by atoms with Crippen molar-refractivity contribution in [2.24, 2.45) is 5.92 Å². The Hall–Kier alpha value is -2.01. The van der Waals surface area contributed by atoms with Crippen LogP contribution in [-0.2, 0) is 11.2 Å². The van der Waals surface area contributed by atoms with Crippen molar-refractivity contribution < 1.29 is 9.53 Å². The Balaban J connectivity index is 1.60. The molecule has 2 saturated heterocycles. The predicted octanol–water partition coefficient (Wildman–Crippen LogP) is 3.55. The lowest BCUT2D eigenvalue weighted by molar-refractivity contribution is -0.177. The highest BCUT2D eigenvalue weighted by atomic mass is 16.5. The van der Waals surface area contributed by atoms with Gasteiger partial charge in [-0.25, -0.2) is 0 Å². The van der Waals surface area contributed by atoms with Crippen LogP contribution in [0.15, 0.2) is 18.2 Å². The van der Waals surface area contributed by atoms with E-state index in [0.29, 0.717) is 12.5 Å². The average Bonchev–Trinajstić information content (AvgIpc) is 2.70. The molecule has 4 aliphatic heterocycles. The molecule has 5 nitrogen and oxygen atoms in total.